The first-order valence-corrected chi connectivity index (χ1v) is 8.33. The van der Waals surface area contributed by atoms with Gasteiger partial charge < -0.3 is 4.74 Å². The SMILES string of the molecule is C=CCSC1=N/C(=C\c2cc(OC)ccc2Br)C(=O)S1. The highest BCUT2D eigenvalue weighted by molar-refractivity contribution is 9.10. The van der Waals surface area contributed by atoms with Gasteiger partial charge in [-0.15, -0.1) is 6.58 Å². The Morgan fingerprint density at radius 3 is 3.05 bits per heavy atom. The second kappa shape index (κ2) is 7.15. The maximum absolute atomic E-state index is 11.9. The first-order valence-electron chi connectivity index (χ1n) is 5.74. The van der Waals surface area contributed by atoms with Gasteiger partial charge in [0.1, 0.15) is 15.8 Å². The quantitative estimate of drug-likeness (QED) is 0.584. The summed E-state index contributed by atoms with van der Waals surface area (Å²) < 4.78 is 6.84. The number of rotatable bonds is 4. The van der Waals surface area contributed by atoms with E-state index in [0.29, 0.717) is 5.70 Å². The van der Waals surface area contributed by atoms with Gasteiger partial charge in [-0.1, -0.05) is 33.8 Å². The summed E-state index contributed by atoms with van der Waals surface area (Å²) in [4.78, 5) is 16.3. The molecule has 0 saturated heterocycles. The molecule has 0 saturated carbocycles. The van der Waals surface area contributed by atoms with Crippen LogP contribution in [0.25, 0.3) is 6.08 Å². The number of methoxy groups -OCH3 is 1. The number of carbonyl (C=O) groups is 1. The number of aliphatic imine (C=N–C) groups is 1. The molecule has 0 spiro atoms. The molecule has 0 fully saturated rings. The lowest BCUT2D eigenvalue weighted by atomic mass is 10.2. The van der Waals surface area contributed by atoms with Gasteiger partial charge in [-0.3, -0.25) is 4.79 Å². The minimum absolute atomic E-state index is 0.0358. The molecule has 1 heterocycles. The number of hydrogen-bond acceptors (Lipinski definition) is 5. The number of thioether (sulfide) groups is 2. The van der Waals surface area contributed by atoms with E-state index in [2.05, 4.69) is 27.5 Å². The van der Waals surface area contributed by atoms with Crippen LogP contribution in [0.15, 0.2) is 46.0 Å². The van der Waals surface area contributed by atoms with E-state index in [1.165, 1.54) is 11.8 Å². The average molecular weight is 370 g/mol. The van der Waals surface area contributed by atoms with Crippen molar-refractivity contribution in [1.82, 2.24) is 0 Å². The summed E-state index contributed by atoms with van der Waals surface area (Å²) in [6.45, 7) is 3.65. The topological polar surface area (TPSA) is 38.7 Å². The van der Waals surface area contributed by atoms with E-state index in [1.807, 2.05) is 18.2 Å². The summed E-state index contributed by atoms with van der Waals surface area (Å²) in [7, 11) is 1.61. The Kier molecular flexibility index (Phi) is 5.51. The van der Waals surface area contributed by atoms with Crippen LogP contribution in [0.5, 0.6) is 5.75 Å². The largest absolute Gasteiger partial charge is 0.497 e. The molecule has 0 radical (unpaired) electrons. The van der Waals surface area contributed by atoms with Crippen LogP contribution < -0.4 is 4.74 Å². The van der Waals surface area contributed by atoms with Crippen LogP contribution >= 0.6 is 39.5 Å². The van der Waals surface area contributed by atoms with Crippen molar-refractivity contribution in [3.8, 4) is 5.75 Å². The fourth-order valence-electron chi connectivity index (χ4n) is 1.49. The zero-order valence-electron chi connectivity index (χ0n) is 10.8. The highest BCUT2D eigenvalue weighted by Gasteiger charge is 2.22. The van der Waals surface area contributed by atoms with E-state index in [9.17, 15) is 4.79 Å². The summed E-state index contributed by atoms with van der Waals surface area (Å²) in [5.74, 6) is 1.48. The average Bonchev–Trinajstić information content (AvgIpc) is 2.79. The van der Waals surface area contributed by atoms with Crippen molar-refractivity contribution in [2.24, 2.45) is 4.99 Å². The van der Waals surface area contributed by atoms with Gasteiger partial charge in [-0.05, 0) is 41.6 Å². The lowest BCUT2D eigenvalue weighted by Crippen LogP contribution is -1.89. The zero-order valence-corrected chi connectivity index (χ0v) is 14.0. The predicted molar refractivity (Wildman–Crippen MR) is 91.4 cm³/mol. The predicted octanol–water partition coefficient (Wildman–Crippen LogP) is 4.35. The van der Waals surface area contributed by atoms with Gasteiger partial charge >= 0.3 is 0 Å². The van der Waals surface area contributed by atoms with Crippen LogP contribution in [0.1, 0.15) is 5.56 Å². The standard InChI is InChI=1S/C14H12BrNO2S2/c1-3-6-19-14-16-12(13(17)20-14)8-9-7-10(18-2)4-5-11(9)15/h3-5,7-8H,1,6H2,2H3/b12-8-. The summed E-state index contributed by atoms with van der Waals surface area (Å²) in [5.41, 5.74) is 1.32. The number of hydrogen-bond donors (Lipinski definition) is 0. The van der Waals surface area contributed by atoms with Gasteiger partial charge in [0.15, 0.2) is 0 Å². The van der Waals surface area contributed by atoms with Crippen LogP contribution in [-0.4, -0.2) is 22.4 Å². The molecule has 6 heteroatoms. The fraction of sp³-hybridized carbons (Fsp3) is 0.143. The van der Waals surface area contributed by atoms with Crippen LogP contribution in [0.4, 0.5) is 0 Å². The normalized spacial score (nSPS) is 16.4. The first-order chi connectivity index (χ1) is 9.63. The third kappa shape index (κ3) is 3.77. The smallest absolute Gasteiger partial charge is 0.244 e. The molecular formula is C14H12BrNO2S2. The molecule has 0 unspecified atom stereocenters. The second-order valence-electron chi connectivity index (χ2n) is 3.78. The summed E-state index contributed by atoms with van der Waals surface area (Å²) in [6, 6.07) is 5.60. The van der Waals surface area contributed by atoms with Crippen molar-refractivity contribution in [1.29, 1.82) is 0 Å². The Morgan fingerprint density at radius 1 is 1.55 bits per heavy atom. The van der Waals surface area contributed by atoms with E-state index in [4.69, 9.17) is 4.74 Å². The highest BCUT2D eigenvalue weighted by atomic mass is 79.9. The Morgan fingerprint density at radius 2 is 2.35 bits per heavy atom. The number of halogens is 1. The molecule has 0 atom stereocenters. The monoisotopic (exact) mass is 369 g/mol. The Hall–Kier alpha value is -0.980. The number of ether oxygens (including phenoxy) is 1. The lowest BCUT2D eigenvalue weighted by Gasteiger charge is -2.03. The maximum Gasteiger partial charge on any atom is 0.244 e. The molecule has 3 nitrogen and oxygen atoms in total. The minimum Gasteiger partial charge on any atom is -0.497 e. The third-order valence-corrected chi connectivity index (χ3v) is 5.15. The molecule has 0 N–H and O–H groups in total. The molecule has 1 aliphatic rings. The molecule has 20 heavy (non-hydrogen) atoms. The molecule has 0 aliphatic carbocycles. The maximum atomic E-state index is 11.9. The lowest BCUT2D eigenvalue weighted by molar-refractivity contribution is -0.107. The van der Waals surface area contributed by atoms with Gasteiger partial charge in [0, 0.05) is 10.2 Å². The third-order valence-electron chi connectivity index (χ3n) is 2.42. The zero-order chi connectivity index (χ0) is 14.5. The summed E-state index contributed by atoms with van der Waals surface area (Å²) in [6.07, 6.45) is 3.56. The number of nitrogens with zero attached hydrogens (tertiary/aromatic N) is 1. The number of benzene rings is 1. The van der Waals surface area contributed by atoms with Gasteiger partial charge in [-0.2, -0.15) is 0 Å². The Balaban J connectivity index is 2.28. The van der Waals surface area contributed by atoms with E-state index in [1.54, 1.807) is 19.3 Å². The van der Waals surface area contributed by atoms with Crippen molar-refractivity contribution in [2.45, 2.75) is 0 Å². The van der Waals surface area contributed by atoms with Crippen LogP contribution in [0, 0.1) is 0 Å². The van der Waals surface area contributed by atoms with E-state index in [0.717, 1.165) is 37.7 Å². The summed E-state index contributed by atoms with van der Waals surface area (Å²) in [5, 5.41) is -0.0358. The van der Waals surface area contributed by atoms with Crippen molar-refractivity contribution in [2.75, 3.05) is 12.9 Å². The van der Waals surface area contributed by atoms with Crippen molar-refractivity contribution >= 4 is 55.0 Å². The summed E-state index contributed by atoms with van der Waals surface area (Å²) >= 11 is 6.13. The van der Waals surface area contributed by atoms with E-state index < -0.39 is 0 Å². The molecular weight excluding hydrogens is 358 g/mol. The van der Waals surface area contributed by atoms with E-state index >= 15 is 0 Å². The van der Waals surface area contributed by atoms with Crippen LogP contribution in [-0.2, 0) is 4.79 Å². The van der Waals surface area contributed by atoms with Crippen molar-refractivity contribution in [3.05, 3.63) is 46.6 Å². The molecule has 0 aromatic heterocycles. The van der Waals surface area contributed by atoms with Gasteiger partial charge in [-0.25, -0.2) is 4.99 Å². The Labute approximate surface area is 134 Å². The second-order valence-corrected chi connectivity index (χ2v) is 6.87. The van der Waals surface area contributed by atoms with E-state index in [-0.39, 0.29) is 5.12 Å². The van der Waals surface area contributed by atoms with Crippen LogP contribution in [0.3, 0.4) is 0 Å². The molecule has 0 amide bonds. The van der Waals surface area contributed by atoms with Crippen LogP contribution in [0.2, 0.25) is 0 Å². The molecule has 104 valence electrons. The molecule has 0 bridgehead atoms. The number of carbonyl (C=O) groups excluding carboxylic acids is 1. The fourth-order valence-corrected chi connectivity index (χ4v) is 3.45. The minimum atomic E-state index is -0.0358. The highest BCUT2D eigenvalue weighted by Crippen LogP contribution is 2.32. The van der Waals surface area contributed by atoms with Gasteiger partial charge in [0.2, 0.25) is 5.12 Å². The Bertz CT molecular complexity index is 611. The van der Waals surface area contributed by atoms with Gasteiger partial charge in [0.25, 0.3) is 0 Å². The van der Waals surface area contributed by atoms with Crippen molar-refractivity contribution < 1.29 is 9.53 Å². The molecule has 1 aromatic carbocycles. The van der Waals surface area contributed by atoms with Gasteiger partial charge in [0.05, 0.1) is 7.11 Å². The van der Waals surface area contributed by atoms with Crippen molar-refractivity contribution in [3.63, 3.8) is 0 Å². The molecule has 1 aliphatic heterocycles. The molecule has 2 rings (SSSR count). The molecule has 1 aromatic rings. The first kappa shape index (κ1) is 15.4.